The van der Waals surface area contributed by atoms with Gasteiger partial charge < -0.3 is 14.8 Å². The highest BCUT2D eigenvalue weighted by Gasteiger charge is 2.08. The summed E-state index contributed by atoms with van der Waals surface area (Å²) < 4.78 is 10.1. The Bertz CT molecular complexity index is 611. The third kappa shape index (κ3) is 3.22. The number of anilines is 1. The van der Waals surface area contributed by atoms with Crippen LogP contribution in [0.25, 0.3) is 0 Å². The second-order valence-electron chi connectivity index (χ2n) is 4.03. The number of benzene rings is 2. The average Bonchev–Trinajstić information content (AvgIpc) is 2.47. The lowest BCUT2D eigenvalue weighted by atomic mass is 10.2. The van der Waals surface area contributed by atoms with E-state index in [2.05, 4.69) is 5.32 Å². The third-order valence-corrected chi connectivity index (χ3v) is 3.06. The smallest absolute Gasteiger partial charge is 0.255 e. The van der Waals surface area contributed by atoms with Gasteiger partial charge in [-0.25, -0.2) is 0 Å². The van der Waals surface area contributed by atoms with Crippen molar-refractivity contribution < 1.29 is 14.3 Å². The fraction of sp³-hybridized carbons (Fsp3) is 0.133. The minimum atomic E-state index is -0.214. The summed E-state index contributed by atoms with van der Waals surface area (Å²) in [6.45, 7) is 0. The zero-order valence-corrected chi connectivity index (χ0v) is 11.9. The SMILES string of the molecule is COc1ccc(C(=O)Nc2ccc(OC)c(Cl)c2)cc1. The molecule has 0 heterocycles. The number of nitrogens with one attached hydrogen (secondary N) is 1. The van der Waals surface area contributed by atoms with Crippen molar-refractivity contribution in [2.45, 2.75) is 0 Å². The first-order valence-electron chi connectivity index (χ1n) is 5.93. The second-order valence-corrected chi connectivity index (χ2v) is 4.44. The quantitative estimate of drug-likeness (QED) is 0.936. The summed E-state index contributed by atoms with van der Waals surface area (Å²) in [5.74, 6) is 1.05. The van der Waals surface area contributed by atoms with Gasteiger partial charge in [-0.3, -0.25) is 4.79 Å². The maximum Gasteiger partial charge on any atom is 0.255 e. The number of carbonyl (C=O) groups excluding carboxylic acids is 1. The van der Waals surface area contributed by atoms with Crippen LogP contribution in [0.3, 0.4) is 0 Å². The van der Waals surface area contributed by atoms with Crippen LogP contribution in [0.15, 0.2) is 42.5 Å². The molecule has 0 unspecified atom stereocenters. The van der Waals surface area contributed by atoms with Gasteiger partial charge in [0.05, 0.1) is 19.2 Å². The highest BCUT2D eigenvalue weighted by Crippen LogP contribution is 2.27. The van der Waals surface area contributed by atoms with Gasteiger partial charge in [0, 0.05) is 11.3 Å². The Morgan fingerprint density at radius 2 is 1.75 bits per heavy atom. The maximum absolute atomic E-state index is 12.1. The fourth-order valence-electron chi connectivity index (χ4n) is 1.69. The van der Waals surface area contributed by atoms with Crippen LogP contribution >= 0.6 is 11.6 Å². The summed E-state index contributed by atoms with van der Waals surface area (Å²) in [7, 11) is 3.12. The Labute approximate surface area is 122 Å². The molecule has 0 spiro atoms. The van der Waals surface area contributed by atoms with Crippen molar-refractivity contribution in [3.63, 3.8) is 0 Å². The van der Waals surface area contributed by atoms with E-state index < -0.39 is 0 Å². The highest BCUT2D eigenvalue weighted by atomic mass is 35.5. The van der Waals surface area contributed by atoms with Crippen molar-refractivity contribution in [2.24, 2.45) is 0 Å². The first-order valence-corrected chi connectivity index (χ1v) is 6.31. The molecule has 0 fully saturated rings. The monoisotopic (exact) mass is 291 g/mol. The Morgan fingerprint density at radius 3 is 2.30 bits per heavy atom. The third-order valence-electron chi connectivity index (χ3n) is 2.76. The molecular weight excluding hydrogens is 278 g/mol. The Hall–Kier alpha value is -2.20. The van der Waals surface area contributed by atoms with Crippen molar-refractivity contribution >= 4 is 23.2 Å². The van der Waals surface area contributed by atoms with Crippen molar-refractivity contribution in [3.8, 4) is 11.5 Å². The molecule has 0 aliphatic rings. The number of halogens is 1. The van der Waals surface area contributed by atoms with Gasteiger partial charge in [0.1, 0.15) is 11.5 Å². The summed E-state index contributed by atoms with van der Waals surface area (Å²) in [5.41, 5.74) is 1.15. The zero-order valence-electron chi connectivity index (χ0n) is 11.1. The number of hydrogen-bond donors (Lipinski definition) is 1. The van der Waals surface area contributed by atoms with E-state index in [0.717, 1.165) is 0 Å². The first kappa shape index (κ1) is 14.2. The van der Waals surface area contributed by atoms with Crippen molar-refractivity contribution in [1.29, 1.82) is 0 Å². The summed E-state index contributed by atoms with van der Waals surface area (Å²) in [5, 5.41) is 3.21. The fourth-order valence-corrected chi connectivity index (χ4v) is 1.95. The molecule has 104 valence electrons. The molecule has 2 rings (SSSR count). The number of methoxy groups -OCH3 is 2. The first-order chi connectivity index (χ1) is 9.63. The maximum atomic E-state index is 12.1. The predicted octanol–water partition coefficient (Wildman–Crippen LogP) is 3.61. The molecule has 0 radical (unpaired) electrons. The summed E-state index contributed by atoms with van der Waals surface area (Å²) in [6.07, 6.45) is 0. The molecule has 0 saturated carbocycles. The largest absolute Gasteiger partial charge is 0.497 e. The number of carbonyl (C=O) groups is 1. The van der Waals surface area contributed by atoms with Crippen LogP contribution in [0.5, 0.6) is 11.5 Å². The number of hydrogen-bond acceptors (Lipinski definition) is 3. The number of ether oxygens (including phenoxy) is 2. The molecule has 20 heavy (non-hydrogen) atoms. The normalized spacial score (nSPS) is 9.95. The molecule has 2 aromatic rings. The van der Waals surface area contributed by atoms with E-state index in [4.69, 9.17) is 21.1 Å². The molecule has 1 amide bonds. The lowest BCUT2D eigenvalue weighted by Gasteiger charge is -2.08. The zero-order chi connectivity index (χ0) is 14.5. The number of amides is 1. The molecule has 0 aliphatic carbocycles. The van der Waals surface area contributed by atoms with E-state index >= 15 is 0 Å². The highest BCUT2D eigenvalue weighted by molar-refractivity contribution is 6.32. The number of rotatable bonds is 4. The van der Waals surface area contributed by atoms with Crippen LogP contribution in [0.4, 0.5) is 5.69 Å². The molecule has 1 N–H and O–H groups in total. The van der Waals surface area contributed by atoms with Gasteiger partial charge in [0.25, 0.3) is 5.91 Å². The molecule has 2 aromatic carbocycles. The molecule has 0 aromatic heterocycles. The topological polar surface area (TPSA) is 47.6 Å². The summed E-state index contributed by atoms with van der Waals surface area (Å²) in [4.78, 5) is 12.1. The van der Waals surface area contributed by atoms with Crippen molar-refractivity contribution in [2.75, 3.05) is 19.5 Å². The second kappa shape index (κ2) is 6.30. The van der Waals surface area contributed by atoms with Gasteiger partial charge in [-0.1, -0.05) is 11.6 Å². The van der Waals surface area contributed by atoms with E-state index in [1.807, 2.05) is 0 Å². The van der Waals surface area contributed by atoms with Gasteiger partial charge >= 0.3 is 0 Å². The van der Waals surface area contributed by atoms with Gasteiger partial charge in [0.15, 0.2) is 0 Å². The van der Waals surface area contributed by atoms with Crippen molar-refractivity contribution in [1.82, 2.24) is 0 Å². The van der Waals surface area contributed by atoms with E-state index in [1.54, 1.807) is 49.6 Å². The standard InChI is InChI=1S/C15H14ClNO3/c1-19-12-6-3-10(4-7-12)15(18)17-11-5-8-14(20-2)13(16)9-11/h3-9H,1-2H3,(H,17,18). The van der Waals surface area contributed by atoms with Crippen LogP contribution in [0, 0.1) is 0 Å². The van der Waals surface area contributed by atoms with E-state index in [1.165, 1.54) is 7.11 Å². The molecule has 0 bridgehead atoms. The summed E-state index contributed by atoms with van der Waals surface area (Å²) in [6, 6.07) is 11.9. The summed E-state index contributed by atoms with van der Waals surface area (Å²) >= 11 is 6.01. The molecular formula is C15H14ClNO3. The molecule has 5 heteroatoms. The lowest BCUT2D eigenvalue weighted by Crippen LogP contribution is -2.11. The molecule has 0 saturated heterocycles. The van der Waals surface area contributed by atoms with Crippen LogP contribution in [-0.2, 0) is 0 Å². The Morgan fingerprint density at radius 1 is 1.05 bits per heavy atom. The minimum absolute atomic E-state index is 0.214. The Balaban J connectivity index is 2.12. The van der Waals surface area contributed by atoms with E-state index in [9.17, 15) is 4.79 Å². The average molecular weight is 292 g/mol. The van der Waals surface area contributed by atoms with Gasteiger partial charge in [-0.15, -0.1) is 0 Å². The van der Waals surface area contributed by atoms with Crippen LogP contribution in [0.2, 0.25) is 5.02 Å². The Kier molecular flexibility index (Phi) is 4.48. The van der Waals surface area contributed by atoms with Crippen LogP contribution in [-0.4, -0.2) is 20.1 Å². The van der Waals surface area contributed by atoms with Crippen LogP contribution < -0.4 is 14.8 Å². The van der Waals surface area contributed by atoms with Crippen LogP contribution in [0.1, 0.15) is 10.4 Å². The van der Waals surface area contributed by atoms with E-state index in [0.29, 0.717) is 27.8 Å². The van der Waals surface area contributed by atoms with E-state index in [-0.39, 0.29) is 5.91 Å². The van der Waals surface area contributed by atoms with Crippen molar-refractivity contribution in [3.05, 3.63) is 53.1 Å². The lowest BCUT2D eigenvalue weighted by molar-refractivity contribution is 0.102. The minimum Gasteiger partial charge on any atom is -0.497 e. The van der Waals surface area contributed by atoms with Gasteiger partial charge in [0.2, 0.25) is 0 Å². The predicted molar refractivity (Wildman–Crippen MR) is 79.0 cm³/mol. The molecule has 0 aliphatic heterocycles. The molecule has 0 atom stereocenters. The molecule has 4 nitrogen and oxygen atoms in total. The van der Waals surface area contributed by atoms with Gasteiger partial charge in [-0.2, -0.15) is 0 Å². The van der Waals surface area contributed by atoms with Gasteiger partial charge in [-0.05, 0) is 42.5 Å².